The minimum atomic E-state index is -0.510. The SMILES string of the molecule is COC(=O)C1CCC2CCCC1N2C(=O)OC(C)(C)C. The van der Waals surface area contributed by atoms with Crippen LogP contribution in [0.15, 0.2) is 0 Å². The van der Waals surface area contributed by atoms with E-state index in [0.29, 0.717) is 0 Å². The van der Waals surface area contributed by atoms with Crippen molar-refractivity contribution in [2.75, 3.05) is 7.11 Å². The van der Waals surface area contributed by atoms with Gasteiger partial charge in [-0.3, -0.25) is 4.79 Å². The Bertz CT molecular complexity index is 388. The first kappa shape index (κ1) is 15.1. The second kappa shape index (κ2) is 5.62. The summed E-state index contributed by atoms with van der Waals surface area (Å²) in [4.78, 5) is 26.2. The van der Waals surface area contributed by atoms with E-state index in [0.717, 1.165) is 32.1 Å². The minimum absolute atomic E-state index is 0.0650. The highest BCUT2D eigenvalue weighted by Crippen LogP contribution is 2.38. The molecule has 0 aromatic heterocycles. The molecule has 2 fully saturated rings. The van der Waals surface area contributed by atoms with Gasteiger partial charge in [0.1, 0.15) is 5.60 Å². The summed E-state index contributed by atoms with van der Waals surface area (Å²) < 4.78 is 10.4. The predicted octanol–water partition coefficient (Wildman–Crippen LogP) is 2.73. The van der Waals surface area contributed by atoms with Gasteiger partial charge in [-0.25, -0.2) is 4.79 Å². The Labute approximate surface area is 120 Å². The number of fused-ring (bicyclic) bond motifs is 2. The highest BCUT2D eigenvalue weighted by atomic mass is 16.6. The molecule has 0 aromatic rings. The minimum Gasteiger partial charge on any atom is -0.469 e. The molecule has 5 nitrogen and oxygen atoms in total. The topological polar surface area (TPSA) is 55.8 Å². The van der Waals surface area contributed by atoms with Gasteiger partial charge >= 0.3 is 12.1 Å². The van der Waals surface area contributed by atoms with E-state index in [-0.39, 0.29) is 30.1 Å². The summed E-state index contributed by atoms with van der Waals surface area (Å²) in [6, 6.07) is 0.148. The summed E-state index contributed by atoms with van der Waals surface area (Å²) in [7, 11) is 1.41. The highest BCUT2D eigenvalue weighted by Gasteiger charge is 2.46. The molecule has 2 saturated heterocycles. The number of ether oxygens (including phenoxy) is 2. The van der Waals surface area contributed by atoms with Crippen molar-refractivity contribution in [3.8, 4) is 0 Å². The average molecular weight is 283 g/mol. The molecule has 0 aliphatic carbocycles. The molecule has 0 radical (unpaired) electrons. The van der Waals surface area contributed by atoms with Crippen LogP contribution in [0.5, 0.6) is 0 Å². The van der Waals surface area contributed by atoms with Crippen molar-refractivity contribution in [1.82, 2.24) is 4.90 Å². The van der Waals surface area contributed by atoms with Gasteiger partial charge in [-0.1, -0.05) is 0 Å². The van der Waals surface area contributed by atoms with Crippen molar-refractivity contribution < 1.29 is 19.1 Å². The van der Waals surface area contributed by atoms with E-state index in [4.69, 9.17) is 9.47 Å². The molecule has 114 valence electrons. The van der Waals surface area contributed by atoms with Crippen molar-refractivity contribution in [2.24, 2.45) is 5.92 Å². The van der Waals surface area contributed by atoms with Crippen LogP contribution in [0, 0.1) is 5.92 Å². The fraction of sp³-hybridized carbons (Fsp3) is 0.867. The third kappa shape index (κ3) is 3.07. The number of carbonyl (C=O) groups is 2. The lowest BCUT2D eigenvalue weighted by molar-refractivity contribution is -0.151. The zero-order valence-corrected chi connectivity index (χ0v) is 12.8. The number of esters is 1. The van der Waals surface area contributed by atoms with Gasteiger partial charge in [0.15, 0.2) is 0 Å². The lowest BCUT2D eigenvalue weighted by atomic mass is 9.78. The highest BCUT2D eigenvalue weighted by molar-refractivity contribution is 5.76. The lowest BCUT2D eigenvalue weighted by Crippen LogP contribution is -2.58. The van der Waals surface area contributed by atoms with Crippen LogP contribution in [0.3, 0.4) is 0 Å². The van der Waals surface area contributed by atoms with Gasteiger partial charge in [0.05, 0.1) is 13.0 Å². The third-order valence-corrected chi connectivity index (χ3v) is 4.17. The third-order valence-electron chi connectivity index (χ3n) is 4.17. The van der Waals surface area contributed by atoms with E-state index < -0.39 is 5.60 Å². The monoisotopic (exact) mass is 283 g/mol. The van der Waals surface area contributed by atoms with Crippen LogP contribution in [-0.2, 0) is 14.3 Å². The van der Waals surface area contributed by atoms with Gasteiger partial charge in [0.25, 0.3) is 0 Å². The summed E-state index contributed by atoms with van der Waals surface area (Å²) in [5, 5.41) is 0. The maximum Gasteiger partial charge on any atom is 0.410 e. The van der Waals surface area contributed by atoms with E-state index in [2.05, 4.69) is 0 Å². The molecule has 2 rings (SSSR count). The molecule has 2 heterocycles. The van der Waals surface area contributed by atoms with E-state index in [1.807, 2.05) is 20.8 Å². The number of hydrogen-bond donors (Lipinski definition) is 0. The maximum atomic E-state index is 12.4. The molecule has 0 spiro atoms. The van der Waals surface area contributed by atoms with Crippen LogP contribution >= 0.6 is 0 Å². The fourth-order valence-electron chi connectivity index (χ4n) is 3.38. The largest absolute Gasteiger partial charge is 0.469 e. The lowest BCUT2D eigenvalue weighted by Gasteiger charge is -2.48. The number of methoxy groups -OCH3 is 1. The zero-order valence-electron chi connectivity index (χ0n) is 12.8. The number of amides is 1. The Morgan fingerprint density at radius 2 is 1.80 bits per heavy atom. The first-order valence-corrected chi connectivity index (χ1v) is 7.42. The Hall–Kier alpha value is -1.26. The van der Waals surface area contributed by atoms with Gasteiger partial charge in [0, 0.05) is 12.1 Å². The molecule has 2 aliphatic rings. The van der Waals surface area contributed by atoms with Gasteiger partial charge in [-0.15, -0.1) is 0 Å². The van der Waals surface area contributed by atoms with Crippen molar-refractivity contribution in [3.63, 3.8) is 0 Å². The molecule has 3 unspecified atom stereocenters. The number of rotatable bonds is 1. The fourth-order valence-corrected chi connectivity index (χ4v) is 3.38. The molecule has 3 atom stereocenters. The van der Waals surface area contributed by atoms with Crippen molar-refractivity contribution in [3.05, 3.63) is 0 Å². The van der Waals surface area contributed by atoms with Crippen molar-refractivity contribution in [2.45, 2.75) is 70.6 Å². The van der Waals surface area contributed by atoms with Crippen LogP contribution in [-0.4, -0.2) is 41.8 Å². The molecule has 0 saturated carbocycles. The van der Waals surface area contributed by atoms with E-state index in [9.17, 15) is 9.59 Å². The maximum absolute atomic E-state index is 12.4. The first-order valence-electron chi connectivity index (χ1n) is 7.42. The predicted molar refractivity (Wildman–Crippen MR) is 74.2 cm³/mol. The van der Waals surface area contributed by atoms with E-state index in [1.54, 1.807) is 4.90 Å². The van der Waals surface area contributed by atoms with Crippen molar-refractivity contribution >= 4 is 12.1 Å². The second-order valence-corrected chi connectivity index (χ2v) is 6.75. The summed E-state index contributed by atoms with van der Waals surface area (Å²) in [5.41, 5.74) is -0.510. The normalized spacial score (nSPS) is 29.8. The smallest absolute Gasteiger partial charge is 0.410 e. The molecular weight excluding hydrogens is 258 g/mol. The van der Waals surface area contributed by atoms with E-state index >= 15 is 0 Å². The molecule has 2 aliphatic heterocycles. The summed E-state index contributed by atoms with van der Waals surface area (Å²) in [5.74, 6) is -0.409. The Kier molecular flexibility index (Phi) is 4.25. The summed E-state index contributed by atoms with van der Waals surface area (Å²) in [6.07, 6.45) is 4.29. The second-order valence-electron chi connectivity index (χ2n) is 6.75. The van der Waals surface area contributed by atoms with Crippen LogP contribution in [0.2, 0.25) is 0 Å². The summed E-state index contributed by atoms with van der Waals surface area (Å²) >= 11 is 0. The van der Waals surface area contributed by atoms with Gasteiger partial charge in [-0.05, 0) is 52.9 Å². The van der Waals surface area contributed by atoms with Gasteiger partial charge in [-0.2, -0.15) is 0 Å². The number of piperidine rings is 2. The number of hydrogen-bond acceptors (Lipinski definition) is 4. The van der Waals surface area contributed by atoms with Crippen molar-refractivity contribution in [1.29, 1.82) is 0 Å². The Morgan fingerprint density at radius 3 is 2.40 bits per heavy atom. The molecule has 0 N–H and O–H groups in total. The standard InChI is InChI=1S/C15H25NO4/c1-15(2,3)20-14(18)16-10-6-5-7-12(16)11(9-8-10)13(17)19-4/h10-12H,5-9H2,1-4H3. The number of nitrogens with zero attached hydrogens (tertiary/aromatic N) is 1. The van der Waals surface area contributed by atoms with Crippen LogP contribution in [0.4, 0.5) is 4.79 Å². The van der Waals surface area contributed by atoms with Crippen LogP contribution < -0.4 is 0 Å². The quantitative estimate of drug-likeness (QED) is 0.694. The Balaban J connectivity index is 2.17. The van der Waals surface area contributed by atoms with Gasteiger partial charge < -0.3 is 14.4 Å². The summed E-state index contributed by atoms with van der Waals surface area (Å²) in [6.45, 7) is 5.59. The Morgan fingerprint density at radius 1 is 1.10 bits per heavy atom. The molecule has 20 heavy (non-hydrogen) atoms. The molecule has 0 aromatic carbocycles. The van der Waals surface area contributed by atoms with Crippen LogP contribution in [0.1, 0.15) is 52.9 Å². The number of carbonyl (C=O) groups excluding carboxylic acids is 2. The van der Waals surface area contributed by atoms with E-state index in [1.165, 1.54) is 7.11 Å². The molecular formula is C15H25NO4. The zero-order chi connectivity index (χ0) is 14.9. The van der Waals surface area contributed by atoms with Crippen LogP contribution in [0.25, 0.3) is 0 Å². The average Bonchev–Trinajstić information content (AvgIpc) is 2.35. The molecule has 5 heteroatoms. The van der Waals surface area contributed by atoms with Gasteiger partial charge in [0.2, 0.25) is 0 Å². The first-order chi connectivity index (χ1) is 9.33. The molecule has 2 bridgehead atoms. The molecule has 1 amide bonds.